The zero-order valence-corrected chi connectivity index (χ0v) is 12.0. The molecule has 21 heavy (non-hydrogen) atoms. The topological polar surface area (TPSA) is 62.1 Å². The first-order valence-corrected chi connectivity index (χ1v) is 6.56. The minimum atomic E-state index is -0.151. The molecule has 0 fully saturated rings. The van der Waals surface area contributed by atoms with Crippen LogP contribution in [0.2, 0.25) is 0 Å². The lowest BCUT2D eigenvalue weighted by Crippen LogP contribution is -2.15. The molecule has 0 aliphatic carbocycles. The third kappa shape index (κ3) is 3.61. The van der Waals surface area contributed by atoms with E-state index in [1.165, 1.54) is 0 Å². The van der Waals surface area contributed by atoms with Crippen molar-refractivity contribution in [3.8, 4) is 11.8 Å². The average molecular weight is 280 g/mol. The summed E-state index contributed by atoms with van der Waals surface area (Å²) in [6, 6.07) is 14.6. The third-order valence-corrected chi connectivity index (χ3v) is 3.15. The van der Waals surface area contributed by atoms with Crippen molar-refractivity contribution >= 4 is 11.6 Å². The number of hydrogen-bond donors (Lipinski definition) is 1. The smallest absolute Gasteiger partial charge is 0.228 e. The molecule has 0 aliphatic heterocycles. The summed E-state index contributed by atoms with van der Waals surface area (Å²) in [5.74, 6) is 0.649. The number of amides is 1. The van der Waals surface area contributed by atoms with Crippen molar-refractivity contribution in [2.24, 2.45) is 0 Å². The highest BCUT2D eigenvalue weighted by atomic mass is 16.5. The molecule has 4 nitrogen and oxygen atoms in total. The number of para-hydroxylation sites is 1. The molecule has 2 aromatic carbocycles. The van der Waals surface area contributed by atoms with Crippen LogP contribution in [0.15, 0.2) is 42.5 Å². The first-order chi connectivity index (χ1) is 10.1. The Hall–Kier alpha value is -2.80. The molecule has 4 heteroatoms. The number of aryl methyl sites for hydroxylation is 1. The zero-order valence-electron chi connectivity index (χ0n) is 12.0. The molecule has 2 rings (SSSR count). The van der Waals surface area contributed by atoms with E-state index in [-0.39, 0.29) is 12.3 Å². The van der Waals surface area contributed by atoms with Crippen LogP contribution < -0.4 is 10.1 Å². The molecule has 1 amide bonds. The van der Waals surface area contributed by atoms with Crippen molar-refractivity contribution in [3.05, 3.63) is 59.2 Å². The second-order valence-corrected chi connectivity index (χ2v) is 4.69. The van der Waals surface area contributed by atoms with E-state index < -0.39 is 0 Å². The minimum absolute atomic E-state index is 0.151. The standard InChI is InChI=1S/C17H16N2O2/c1-12-9-13(7-8-16(12)21-2)10-17(20)19-15-6-4-3-5-14(15)11-18/h3-9H,10H2,1-2H3,(H,19,20). The molecule has 0 saturated heterocycles. The van der Waals surface area contributed by atoms with Gasteiger partial charge in [-0.05, 0) is 36.2 Å². The van der Waals surface area contributed by atoms with Crippen LogP contribution in [0.25, 0.3) is 0 Å². The highest BCUT2D eigenvalue weighted by Crippen LogP contribution is 2.19. The maximum atomic E-state index is 12.1. The van der Waals surface area contributed by atoms with Gasteiger partial charge in [-0.2, -0.15) is 5.26 Å². The molecule has 0 aromatic heterocycles. The number of methoxy groups -OCH3 is 1. The Morgan fingerprint density at radius 1 is 1.29 bits per heavy atom. The number of hydrogen-bond acceptors (Lipinski definition) is 3. The predicted molar refractivity (Wildman–Crippen MR) is 81.2 cm³/mol. The van der Waals surface area contributed by atoms with Crippen LogP contribution in [0.3, 0.4) is 0 Å². The lowest BCUT2D eigenvalue weighted by molar-refractivity contribution is -0.115. The Balaban J connectivity index is 2.08. The zero-order chi connectivity index (χ0) is 15.2. The van der Waals surface area contributed by atoms with Crippen molar-refractivity contribution < 1.29 is 9.53 Å². The Kier molecular flexibility index (Phi) is 4.57. The molecule has 2 aromatic rings. The summed E-state index contributed by atoms with van der Waals surface area (Å²) in [4.78, 5) is 12.1. The summed E-state index contributed by atoms with van der Waals surface area (Å²) in [6.07, 6.45) is 0.255. The van der Waals surface area contributed by atoms with E-state index in [9.17, 15) is 4.79 Å². The van der Waals surface area contributed by atoms with E-state index >= 15 is 0 Å². The quantitative estimate of drug-likeness (QED) is 0.936. The van der Waals surface area contributed by atoms with E-state index in [1.54, 1.807) is 31.4 Å². The molecule has 1 N–H and O–H groups in total. The summed E-state index contributed by atoms with van der Waals surface area (Å²) in [5.41, 5.74) is 2.88. The van der Waals surface area contributed by atoms with Crippen molar-refractivity contribution in [1.29, 1.82) is 5.26 Å². The van der Waals surface area contributed by atoms with Crippen LogP contribution in [0.4, 0.5) is 5.69 Å². The SMILES string of the molecule is COc1ccc(CC(=O)Nc2ccccc2C#N)cc1C. The molecule has 0 aliphatic rings. The second-order valence-electron chi connectivity index (χ2n) is 4.69. The van der Waals surface area contributed by atoms with Crippen LogP contribution in [-0.2, 0) is 11.2 Å². The summed E-state index contributed by atoms with van der Waals surface area (Å²) < 4.78 is 5.19. The number of nitriles is 1. The fourth-order valence-corrected chi connectivity index (χ4v) is 2.12. The first-order valence-electron chi connectivity index (χ1n) is 6.56. The summed E-state index contributed by atoms with van der Waals surface area (Å²) in [6.45, 7) is 1.94. The van der Waals surface area contributed by atoms with Gasteiger partial charge in [-0.15, -0.1) is 0 Å². The normalized spacial score (nSPS) is 9.76. The highest BCUT2D eigenvalue weighted by Gasteiger charge is 2.08. The average Bonchev–Trinajstić information content (AvgIpc) is 2.48. The van der Waals surface area contributed by atoms with Crippen molar-refractivity contribution in [3.63, 3.8) is 0 Å². The fourth-order valence-electron chi connectivity index (χ4n) is 2.12. The van der Waals surface area contributed by atoms with Crippen LogP contribution in [0.5, 0.6) is 5.75 Å². The van der Waals surface area contributed by atoms with Gasteiger partial charge in [0, 0.05) is 0 Å². The monoisotopic (exact) mass is 280 g/mol. The van der Waals surface area contributed by atoms with Gasteiger partial charge in [-0.25, -0.2) is 0 Å². The Bertz CT molecular complexity index is 702. The van der Waals surface area contributed by atoms with Gasteiger partial charge in [-0.1, -0.05) is 24.3 Å². The molecule has 106 valence electrons. The molecule has 0 saturated carbocycles. The van der Waals surface area contributed by atoms with E-state index in [1.807, 2.05) is 25.1 Å². The second kappa shape index (κ2) is 6.58. The van der Waals surface area contributed by atoms with Crippen LogP contribution in [0, 0.1) is 18.3 Å². The number of benzene rings is 2. The van der Waals surface area contributed by atoms with Gasteiger partial charge in [0.1, 0.15) is 11.8 Å². The van der Waals surface area contributed by atoms with Gasteiger partial charge in [0.2, 0.25) is 5.91 Å². The first kappa shape index (κ1) is 14.6. The summed E-state index contributed by atoms with van der Waals surface area (Å²) in [5, 5.41) is 11.8. The van der Waals surface area contributed by atoms with Crippen LogP contribution in [-0.4, -0.2) is 13.0 Å². The van der Waals surface area contributed by atoms with Gasteiger partial charge in [0.25, 0.3) is 0 Å². The number of ether oxygens (including phenoxy) is 1. The lowest BCUT2D eigenvalue weighted by Gasteiger charge is -2.09. The molecule has 0 bridgehead atoms. The maximum Gasteiger partial charge on any atom is 0.228 e. The van der Waals surface area contributed by atoms with E-state index in [0.29, 0.717) is 11.3 Å². The van der Waals surface area contributed by atoms with Crippen LogP contribution >= 0.6 is 0 Å². The van der Waals surface area contributed by atoms with Gasteiger partial charge in [0.15, 0.2) is 0 Å². The molecular formula is C17H16N2O2. The fraction of sp³-hybridized carbons (Fsp3) is 0.176. The van der Waals surface area contributed by atoms with Crippen molar-refractivity contribution in [2.45, 2.75) is 13.3 Å². The van der Waals surface area contributed by atoms with E-state index in [0.717, 1.165) is 16.9 Å². The molecule has 0 unspecified atom stereocenters. The van der Waals surface area contributed by atoms with Gasteiger partial charge in [-0.3, -0.25) is 4.79 Å². The summed E-state index contributed by atoms with van der Waals surface area (Å²) in [7, 11) is 1.62. The Labute approximate surface area is 124 Å². The summed E-state index contributed by atoms with van der Waals surface area (Å²) >= 11 is 0. The number of nitrogens with zero attached hydrogens (tertiary/aromatic N) is 1. The molecule has 0 heterocycles. The Morgan fingerprint density at radius 2 is 2.05 bits per heavy atom. The molecule has 0 spiro atoms. The number of anilines is 1. The number of nitrogens with one attached hydrogen (secondary N) is 1. The van der Waals surface area contributed by atoms with Gasteiger partial charge < -0.3 is 10.1 Å². The van der Waals surface area contributed by atoms with Crippen molar-refractivity contribution in [1.82, 2.24) is 0 Å². The van der Waals surface area contributed by atoms with E-state index in [2.05, 4.69) is 11.4 Å². The van der Waals surface area contributed by atoms with Crippen molar-refractivity contribution in [2.75, 3.05) is 12.4 Å². The molecule has 0 radical (unpaired) electrons. The van der Waals surface area contributed by atoms with E-state index in [4.69, 9.17) is 10.00 Å². The number of carbonyl (C=O) groups excluding carboxylic acids is 1. The molecular weight excluding hydrogens is 264 g/mol. The number of rotatable bonds is 4. The van der Waals surface area contributed by atoms with Gasteiger partial charge in [0.05, 0.1) is 24.8 Å². The highest BCUT2D eigenvalue weighted by molar-refractivity contribution is 5.93. The third-order valence-electron chi connectivity index (χ3n) is 3.15. The maximum absolute atomic E-state index is 12.1. The largest absolute Gasteiger partial charge is 0.496 e. The number of carbonyl (C=O) groups is 1. The lowest BCUT2D eigenvalue weighted by atomic mass is 10.1. The van der Waals surface area contributed by atoms with Gasteiger partial charge >= 0.3 is 0 Å². The minimum Gasteiger partial charge on any atom is -0.496 e. The predicted octanol–water partition coefficient (Wildman–Crippen LogP) is 3.06. The van der Waals surface area contributed by atoms with Crippen LogP contribution in [0.1, 0.15) is 16.7 Å². The Morgan fingerprint density at radius 3 is 2.71 bits per heavy atom. The molecule has 0 atom stereocenters.